The number of hydrogen-bond acceptors (Lipinski definition) is 3. The molecule has 4 rings (SSSR count). The summed E-state index contributed by atoms with van der Waals surface area (Å²) in [6, 6.07) is 8.99. The molecule has 0 saturated carbocycles. The van der Waals surface area contributed by atoms with E-state index < -0.39 is 11.6 Å². The third-order valence-corrected chi connectivity index (χ3v) is 3.87. The summed E-state index contributed by atoms with van der Waals surface area (Å²) in [4.78, 5) is 8.10. The first-order chi connectivity index (χ1) is 11.6. The van der Waals surface area contributed by atoms with Crippen LogP contribution >= 0.6 is 11.6 Å². The zero-order chi connectivity index (χ0) is 16.7. The second kappa shape index (κ2) is 5.65. The minimum absolute atomic E-state index is 0.123. The number of rotatable bonds is 2. The van der Waals surface area contributed by atoms with Crippen molar-refractivity contribution in [2.45, 2.75) is 0 Å². The Morgan fingerprint density at radius 3 is 2.71 bits per heavy atom. The number of fused-ring (bicyclic) bond motifs is 1. The number of halogens is 3. The Balaban J connectivity index is 1.97. The quantitative estimate of drug-likeness (QED) is 0.542. The molecule has 0 bridgehead atoms. The fraction of sp³-hybridized carbons (Fsp3) is 0. The van der Waals surface area contributed by atoms with Crippen molar-refractivity contribution in [3.05, 3.63) is 71.8 Å². The van der Waals surface area contributed by atoms with Crippen molar-refractivity contribution >= 4 is 17.2 Å². The summed E-state index contributed by atoms with van der Waals surface area (Å²) >= 11 is 5.98. The van der Waals surface area contributed by atoms with E-state index in [2.05, 4.69) is 15.1 Å². The van der Waals surface area contributed by atoms with Crippen molar-refractivity contribution < 1.29 is 8.78 Å². The second-order valence-corrected chi connectivity index (χ2v) is 5.57. The lowest BCUT2D eigenvalue weighted by molar-refractivity contribution is 0.628. The van der Waals surface area contributed by atoms with Crippen LogP contribution in [0.4, 0.5) is 8.78 Å². The van der Waals surface area contributed by atoms with Crippen molar-refractivity contribution in [2.24, 2.45) is 0 Å². The van der Waals surface area contributed by atoms with Crippen molar-refractivity contribution in [1.82, 2.24) is 19.6 Å². The zero-order valence-electron chi connectivity index (χ0n) is 12.1. The monoisotopic (exact) mass is 342 g/mol. The van der Waals surface area contributed by atoms with Crippen molar-refractivity contribution in [3.8, 4) is 22.4 Å². The molecule has 0 unspecified atom stereocenters. The van der Waals surface area contributed by atoms with Crippen LogP contribution in [-0.4, -0.2) is 19.6 Å². The molecule has 0 aliphatic heterocycles. The summed E-state index contributed by atoms with van der Waals surface area (Å²) < 4.78 is 29.8. The molecule has 7 heteroatoms. The van der Waals surface area contributed by atoms with Gasteiger partial charge in [-0.05, 0) is 30.3 Å². The molecule has 0 fully saturated rings. The van der Waals surface area contributed by atoms with E-state index in [0.717, 1.165) is 0 Å². The van der Waals surface area contributed by atoms with Gasteiger partial charge in [0.15, 0.2) is 11.5 Å². The molecular weight excluding hydrogens is 334 g/mol. The van der Waals surface area contributed by atoms with Gasteiger partial charge in [-0.25, -0.2) is 18.3 Å². The first-order valence-corrected chi connectivity index (χ1v) is 7.41. The molecule has 4 nitrogen and oxygen atoms in total. The SMILES string of the molecule is Fc1ccc(Cl)cc1-c1ncccc1-c1cc(F)c2ncnn2c1. The van der Waals surface area contributed by atoms with Crippen LogP contribution in [0.25, 0.3) is 28.0 Å². The second-order valence-electron chi connectivity index (χ2n) is 5.13. The van der Waals surface area contributed by atoms with Gasteiger partial charge < -0.3 is 0 Å². The van der Waals surface area contributed by atoms with E-state index in [1.54, 1.807) is 24.5 Å². The first kappa shape index (κ1) is 14.7. The maximum Gasteiger partial charge on any atom is 0.191 e. The van der Waals surface area contributed by atoms with Gasteiger partial charge in [-0.2, -0.15) is 5.10 Å². The largest absolute Gasteiger partial charge is 0.255 e. The molecular formula is C17H9ClF2N4. The molecule has 24 heavy (non-hydrogen) atoms. The highest BCUT2D eigenvalue weighted by atomic mass is 35.5. The van der Waals surface area contributed by atoms with E-state index in [9.17, 15) is 8.78 Å². The summed E-state index contributed by atoms with van der Waals surface area (Å²) in [6.45, 7) is 0. The molecule has 0 saturated heterocycles. The van der Waals surface area contributed by atoms with Crippen LogP contribution in [-0.2, 0) is 0 Å². The van der Waals surface area contributed by atoms with Crippen LogP contribution < -0.4 is 0 Å². The van der Waals surface area contributed by atoms with E-state index in [-0.39, 0.29) is 11.2 Å². The van der Waals surface area contributed by atoms with E-state index in [1.807, 2.05) is 0 Å². The van der Waals surface area contributed by atoms with Crippen LogP contribution in [0.15, 0.2) is 55.1 Å². The van der Waals surface area contributed by atoms with E-state index >= 15 is 0 Å². The number of hydrogen-bond donors (Lipinski definition) is 0. The Morgan fingerprint density at radius 2 is 1.83 bits per heavy atom. The third-order valence-electron chi connectivity index (χ3n) is 3.63. The summed E-state index contributed by atoms with van der Waals surface area (Å²) in [5, 5.41) is 4.34. The fourth-order valence-electron chi connectivity index (χ4n) is 2.56. The Morgan fingerprint density at radius 1 is 0.958 bits per heavy atom. The maximum atomic E-state index is 14.2. The van der Waals surface area contributed by atoms with Gasteiger partial charge in [0.25, 0.3) is 0 Å². The molecule has 0 aliphatic rings. The number of nitrogens with zero attached hydrogens (tertiary/aromatic N) is 4. The normalized spacial score (nSPS) is 11.1. The lowest BCUT2D eigenvalue weighted by atomic mass is 10.0. The van der Waals surface area contributed by atoms with Crippen LogP contribution in [0.5, 0.6) is 0 Å². The van der Waals surface area contributed by atoms with Gasteiger partial charge in [0.05, 0.1) is 5.69 Å². The standard InChI is InChI=1S/C17H9ClF2N4/c18-11-3-4-14(19)13(7-11)16-12(2-1-5-21-16)10-6-15(20)17-22-9-23-24(17)8-10/h1-9H. The number of aromatic nitrogens is 4. The molecule has 3 heterocycles. The molecule has 3 aromatic heterocycles. The zero-order valence-corrected chi connectivity index (χ0v) is 12.9. The topological polar surface area (TPSA) is 43.1 Å². The lowest BCUT2D eigenvalue weighted by Crippen LogP contribution is -1.96. The minimum atomic E-state index is -0.522. The Kier molecular flexibility index (Phi) is 3.46. The van der Waals surface area contributed by atoms with Crippen LogP contribution in [0.1, 0.15) is 0 Å². The minimum Gasteiger partial charge on any atom is -0.255 e. The summed E-state index contributed by atoms with van der Waals surface area (Å²) in [5.74, 6) is -0.979. The first-order valence-electron chi connectivity index (χ1n) is 7.03. The van der Waals surface area contributed by atoms with Crippen LogP contribution in [0, 0.1) is 11.6 Å². The number of benzene rings is 1. The van der Waals surface area contributed by atoms with Crippen molar-refractivity contribution in [1.29, 1.82) is 0 Å². The molecule has 0 aliphatic carbocycles. The maximum absolute atomic E-state index is 14.2. The van der Waals surface area contributed by atoms with Gasteiger partial charge in [0, 0.05) is 34.1 Å². The third kappa shape index (κ3) is 2.41. The summed E-state index contributed by atoms with van der Waals surface area (Å²) in [5.41, 5.74) is 1.81. The van der Waals surface area contributed by atoms with Gasteiger partial charge in [-0.3, -0.25) is 4.98 Å². The molecule has 118 valence electrons. The summed E-state index contributed by atoms with van der Waals surface area (Å²) in [7, 11) is 0. The van der Waals surface area contributed by atoms with Crippen LogP contribution in [0.3, 0.4) is 0 Å². The lowest BCUT2D eigenvalue weighted by Gasteiger charge is -2.10. The predicted molar refractivity (Wildman–Crippen MR) is 86.6 cm³/mol. The average molecular weight is 343 g/mol. The Labute approximate surface area is 140 Å². The molecule has 4 aromatic rings. The highest BCUT2D eigenvalue weighted by molar-refractivity contribution is 6.30. The molecule has 1 aromatic carbocycles. The molecule has 0 atom stereocenters. The molecule has 0 N–H and O–H groups in total. The smallest absolute Gasteiger partial charge is 0.191 e. The highest BCUT2D eigenvalue weighted by Gasteiger charge is 2.15. The van der Waals surface area contributed by atoms with Gasteiger partial charge in [-0.15, -0.1) is 0 Å². The molecule has 0 amide bonds. The molecule has 0 radical (unpaired) electrons. The summed E-state index contributed by atoms with van der Waals surface area (Å²) in [6.07, 6.45) is 4.43. The highest BCUT2D eigenvalue weighted by Crippen LogP contribution is 2.33. The Bertz CT molecular complexity index is 1060. The Hall–Kier alpha value is -2.86. The van der Waals surface area contributed by atoms with Crippen molar-refractivity contribution in [2.75, 3.05) is 0 Å². The van der Waals surface area contributed by atoms with E-state index in [1.165, 1.54) is 35.1 Å². The van der Waals surface area contributed by atoms with Gasteiger partial charge in [0.1, 0.15) is 12.1 Å². The van der Waals surface area contributed by atoms with Crippen molar-refractivity contribution in [3.63, 3.8) is 0 Å². The van der Waals surface area contributed by atoms with E-state index in [0.29, 0.717) is 21.8 Å². The molecule has 0 spiro atoms. The van der Waals surface area contributed by atoms with Gasteiger partial charge in [0.2, 0.25) is 0 Å². The number of pyridine rings is 2. The average Bonchev–Trinajstić information content (AvgIpc) is 3.06. The van der Waals surface area contributed by atoms with E-state index in [4.69, 9.17) is 11.6 Å². The van der Waals surface area contributed by atoms with Gasteiger partial charge >= 0.3 is 0 Å². The van der Waals surface area contributed by atoms with Gasteiger partial charge in [-0.1, -0.05) is 17.7 Å². The fourth-order valence-corrected chi connectivity index (χ4v) is 2.74. The van der Waals surface area contributed by atoms with Crippen LogP contribution in [0.2, 0.25) is 5.02 Å². The predicted octanol–water partition coefficient (Wildman–Crippen LogP) is 4.39.